The zero-order chi connectivity index (χ0) is 17.7. The number of hydrogen-bond donors (Lipinski definition) is 3. The number of nitrogens with one attached hydrogen (secondary N) is 2. The first kappa shape index (κ1) is 18.2. The summed E-state index contributed by atoms with van der Waals surface area (Å²) in [6.45, 7) is 4.73. The number of benzene rings is 1. The molecule has 1 aromatic heterocycles. The van der Waals surface area contributed by atoms with Gasteiger partial charge in [-0.2, -0.15) is 0 Å². The lowest BCUT2D eigenvalue weighted by Crippen LogP contribution is -2.30. The second-order valence-electron chi connectivity index (χ2n) is 5.59. The number of anilines is 1. The number of para-hydroxylation sites is 1. The SMILES string of the molecule is CC(C)n1cc(Br)cc1C(=O)Nc1ccccc1C(=O)NCCN. The molecule has 7 heteroatoms. The Bertz CT molecular complexity index is 740. The molecule has 0 unspecified atom stereocenters. The minimum atomic E-state index is -0.270. The molecule has 0 bridgehead atoms. The lowest BCUT2D eigenvalue weighted by Gasteiger charge is -2.14. The maximum atomic E-state index is 12.6. The Morgan fingerprint density at radius 2 is 1.96 bits per heavy atom. The van der Waals surface area contributed by atoms with Crippen molar-refractivity contribution >= 4 is 33.4 Å². The molecule has 0 saturated heterocycles. The third-order valence-corrected chi connectivity index (χ3v) is 3.89. The molecule has 0 fully saturated rings. The van der Waals surface area contributed by atoms with Gasteiger partial charge in [0.25, 0.3) is 11.8 Å². The number of nitrogens with zero attached hydrogens (tertiary/aromatic N) is 1. The summed E-state index contributed by atoms with van der Waals surface area (Å²) in [5.74, 6) is -0.537. The molecule has 6 nitrogen and oxygen atoms in total. The lowest BCUT2D eigenvalue weighted by molar-refractivity contribution is 0.0955. The van der Waals surface area contributed by atoms with Crippen LogP contribution in [0.4, 0.5) is 5.69 Å². The zero-order valence-corrected chi connectivity index (χ0v) is 15.3. The van der Waals surface area contributed by atoms with Crippen LogP contribution in [-0.2, 0) is 0 Å². The minimum absolute atomic E-state index is 0.139. The molecule has 0 spiro atoms. The van der Waals surface area contributed by atoms with Gasteiger partial charge in [-0.3, -0.25) is 9.59 Å². The normalized spacial score (nSPS) is 10.7. The largest absolute Gasteiger partial charge is 0.351 e. The minimum Gasteiger partial charge on any atom is -0.351 e. The van der Waals surface area contributed by atoms with Gasteiger partial charge >= 0.3 is 0 Å². The molecule has 2 amide bonds. The molecule has 0 radical (unpaired) electrons. The molecule has 0 saturated carbocycles. The fraction of sp³-hybridized carbons (Fsp3) is 0.294. The van der Waals surface area contributed by atoms with E-state index in [1.165, 1.54) is 0 Å². The zero-order valence-electron chi connectivity index (χ0n) is 13.7. The molecule has 1 aromatic carbocycles. The third-order valence-electron chi connectivity index (χ3n) is 3.45. The Morgan fingerprint density at radius 1 is 1.25 bits per heavy atom. The Labute approximate surface area is 149 Å². The van der Waals surface area contributed by atoms with Crippen LogP contribution in [0.1, 0.15) is 40.7 Å². The Kier molecular flexibility index (Phi) is 6.16. The molecule has 0 atom stereocenters. The van der Waals surface area contributed by atoms with Crippen molar-refractivity contribution in [1.82, 2.24) is 9.88 Å². The number of carbonyl (C=O) groups is 2. The first-order valence-corrected chi connectivity index (χ1v) is 8.49. The summed E-state index contributed by atoms with van der Waals surface area (Å²) in [7, 11) is 0. The first-order chi connectivity index (χ1) is 11.4. The molecular weight excluding hydrogens is 372 g/mol. The summed E-state index contributed by atoms with van der Waals surface area (Å²) < 4.78 is 2.70. The van der Waals surface area contributed by atoms with Crippen LogP contribution in [0, 0.1) is 0 Å². The van der Waals surface area contributed by atoms with Crippen molar-refractivity contribution in [2.75, 3.05) is 18.4 Å². The molecule has 1 heterocycles. The van der Waals surface area contributed by atoms with E-state index in [-0.39, 0.29) is 17.9 Å². The van der Waals surface area contributed by atoms with Crippen molar-refractivity contribution < 1.29 is 9.59 Å². The van der Waals surface area contributed by atoms with E-state index in [0.29, 0.717) is 30.0 Å². The van der Waals surface area contributed by atoms with Gasteiger partial charge < -0.3 is 20.9 Å². The number of halogens is 1. The maximum absolute atomic E-state index is 12.6. The van der Waals surface area contributed by atoms with Gasteiger partial charge in [-0.25, -0.2) is 0 Å². The standard InChI is InChI=1S/C17H21BrN4O2/c1-11(2)22-10-12(18)9-15(22)17(24)21-14-6-4-3-5-13(14)16(23)20-8-7-19/h3-6,9-11H,7-8,19H2,1-2H3,(H,20,23)(H,21,24). The van der Waals surface area contributed by atoms with E-state index >= 15 is 0 Å². The molecule has 2 rings (SSSR count). The van der Waals surface area contributed by atoms with Crippen molar-refractivity contribution in [1.29, 1.82) is 0 Å². The second kappa shape index (κ2) is 8.12. The average molecular weight is 393 g/mol. The van der Waals surface area contributed by atoms with Crippen molar-refractivity contribution in [2.45, 2.75) is 19.9 Å². The van der Waals surface area contributed by atoms with E-state index in [4.69, 9.17) is 5.73 Å². The van der Waals surface area contributed by atoms with Gasteiger partial charge in [0.2, 0.25) is 0 Å². The van der Waals surface area contributed by atoms with E-state index < -0.39 is 0 Å². The van der Waals surface area contributed by atoms with Crippen LogP contribution >= 0.6 is 15.9 Å². The number of carbonyl (C=O) groups excluding carboxylic acids is 2. The van der Waals surface area contributed by atoms with Crippen molar-refractivity contribution in [3.8, 4) is 0 Å². The van der Waals surface area contributed by atoms with Crippen LogP contribution in [0.25, 0.3) is 0 Å². The Morgan fingerprint density at radius 3 is 2.62 bits per heavy atom. The predicted molar refractivity (Wildman–Crippen MR) is 98.3 cm³/mol. The number of hydrogen-bond acceptors (Lipinski definition) is 3. The molecule has 24 heavy (non-hydrogen) atoms. The third kappa shape index (κ3) is 4.24. The number of rotatable bonds is 6. The fourth-order valence-electron chi connectivity index (χ4n) is 2.31. The van der Waals surface area contributed by atoms with Gasteiger partial charge in [0, 0.05) is 29.8 Å². The summed E-state index contributed by atoms with van der Waals surface area (Å²) in [5, 5.41) is 5.53. The van der Waals surface area contributed by atoms with E-state index in [0.717, 1.165) is 4.47 Å². The van der Waals surface area contributed by atoms with E-state index in [9.17, 15) is 9.59 Å². The van der Waals surface area contributed by atoms with Crippen LogP contribution in [-0.4, -0.2) is 29.5 Å². The molecule has 128 valence electrons. The summed E-state index contributed by atoms with van der Waals surface area (Å²) in [5.41, 5.74) is 6.79. The van der Waals surface area contributed by atoms with Crippen molar-refractivity contribution in [3.05, 3.63) is 52.3 Å². The Hall–Kier alpha value is -2.12. The first-order valence-electron chi connectivity index (χ1n) is 7.70. The molecule has 2 aromatic rings. The smallest absolute Gasteiger partial charge is 0.272 e. The Balaban J connectivity index is 2.25. The van der Waals surface area contributed by atoms with Crippen LogP contribution in [0.3, 0.4) is 0 Å². The summed E-state index contributed by atoms with van der Waals surface area (Å²) in [6.07, 6.45) is 1.86. The van der Waals surface area contributed by atoms with Crippen LogP contribution < -0.4 is 16.4 Å². The monoisotopic (exact) mass is 392 g/mol. The number of nitrogens with two attached hydrogens (primary N) is 1. The van der Waals surface area contributed by atoms with E-state index in [1.807, 2.05) is 24.6 Å². The topological polar surface area (TPSA) is 89.2 Å². The summed E-state index contributed by atoms with van der Waals surface area (Å²) in [6, 6.07) is 8.78. The van der Waals surface area contributed by atoms with Crippen molar-refractivity contribution in [3.63, 3.8) is 0 Å². The van der Waals surface area contributed by atoms with Gasteiger partial charge in [-0.15, -0.1) is 0 Å². The highest BCUT2D eigenvalue weighted by atomic mass is 79.9. The quantitative estimate of drug-likeness (QED) is 0.705. The van der Waals surface area contributed by atoms with Gasteiger partial charge in [-0.05, 0) is 48.0 Å². The summed E-state index contributed by atoms with van der Waals surface area (Å²) >= 11 is 3.39. The van der Waals surface area contributed by atoms with Gasteiger partial charge in [-0.1, -0.05) is 12.1 Å². The molecular formula is C17H21BrN4O2. The molecule has 0 aliphatic rings. The van der Waals surface area contributed by atoms with E-state index in [1.54, 1.807) is 30.3 Å². The maximum Gasteiger partial charge on any atom is 0.272 e. The number of aromatic nitrogens is 1. The van der Waals surface area contributed by atoms with E-state index in [2.05, 4.69) is 26.6 Å². The average Bonchev–Trinajstić information content (AvgIpc) is 2.95. The van der Waals surface area contributed by atoms with Crippen molar-refractivity contribution in [2.24, 2.45) is 5.73 Å². The van der Waals surface area contributed by atoms with Crippen LogP contribution in [0.15, 0.2) is 41.0 Å². The highest BCUT2D eigenvalue weighted by molar-refractivity contribution is 9.10. The number of amides is 2. The molecule has 0 aliphatic heterocycles. The highest BCUT2D eigenvalue weighted by Crippen LogP contribution is 2.22. The van der Waals surface area contributed by atoms with Gasteiger partial charge in [0.15, 0.2) is 0 Å². The molecule has 0 aliphatic carbocycles. The predicted octanol–water partition coefficient (Wildman–Crippen LogP) is 2.77. The lowest BCUT2D eigenvalue weighted by atomic mass is 10.1. The van der Waals surface area contributed by atoms with Gasteiger partial charge in [0.1, 0.15) is 5.69 Å². The van der Waals surface area contributed by atoms with Crippen LogP contribution in [0.2, 0.25) is 0 Å². The highest BCUT2D eigenvalue weighted by Gasteiger charge is 2.18. The fourth-order valence-corrected chi connectivity index (χ4v) is 2.75. The summed E-state index contributed by atoms with van der Waals surface area (Å²) in [4.78, 5) is 24.8. The molecule has 4 N–H and O–H groups in total. The van der Waals surface area contributed by atoms with Crippen LogP contribution in [0.5, 0.6) is 0 Å². The second-order valence-corrected chi connectivity index (χ2v) is 6.50. The van der Waals surface area contributed by atoms with Gasteiger partial charge in [0.05, 0.1) is 11.3 Å².